The summed E-state index contributed by atoms with van der Waals surface area (Å²) in [5.74, 6) is 1.09. The second-order valence-corrected chi connectivity index (χ2v) is 4.71. The van der Waals surface area contributed by atoms with Crippen molar-refractivity contribution in [2.75, 3.05) is 17.7 Å². The van der Waals surface area contributed by atoms with Crippen LogP contribution in [-0.2, 0) is 6.42 Å². The molecule has 1 aromatic carbocycles. The van der Waals surface area contributed by atoms with E-state index in [1.54, 1.807) is 6.07 Å². The Morgan fingerprint density at radius 3 is 2.65 bits per heavy atom. The molecular formula is C14H16ClFN4. The molecule has 106 valence electrons. The highest BCUT2D eigenvalue weighted by atomic mass is 35.5. The van der Waals surface area contributed by atoms with Gasteiger partial charge in [0, 0.05) is 12.6 Å². The van der Waals surface area contributed by atoms with Gasteiger partial charge in [0.05, 0.1) is 10.7 Å². The number of aromatic nitrogens is 2. The molecule has 1 heterocycles. The summed E-state index contributed by atoms with van der Waals surface area (Å²) in [4.78, 5) is 8.45. The highest BCUT2D eigenvalue weighted by Gasteiger charge is 2.11. The minimum absolute atomic E-state index is 0.317. The van der Waals surface area contributed by atoms with Crippen molar-refractivity contribution in [3.63, 3.8) is 0 Å². The number of halogens is 2. The molecule has 1 aromatic heterocycles. The number of nitrogens with zero attached hydrogens (tertiary/aromatic N) is 2. The first kappa shape index (κ1) is 14.5. The van der Waals surface area contributed by atoms with Gasteiger partial charge in [-0.2, -0.15) is 0 Å². The monoisotopic (exact) mass is 294 g/mol. The lowest BCUT2D eigenvalue weighted by Crippen LogP contribution is -2.05. The Bertz CT molecular complexity index is 604. The van der Waals surface area contributed by atoms with Gasteiger partial charge in [-0.1, -0.05) is 24.9 Å². The van der Waals surface area contributed by atoms with Gasteiger partial charge < -0.3 is 10.6 Å². The molecule has 2 aromatic rings. The minimum atomic E-state index is -0.368. The van der Waals surface area contributed by atoms with Crippen molar-refractivity contribution in [1.29, 1.82) is 0 Å². The normalized spacial score (nSPS) is 10.4. The summed E-state index contributed by atoms with van der Waals surface area (Å²) in [6, 6.07) is 4.21. The van der Waals surface area contributed by atoms with E-state index in [0.29, 0.717) is 16.5 Å². The van der Waals surface area contributed by atoms with E-state index in [-0.39, 0.29) is 5.82 Å². The Kier molecular flexibility index (Phi) is 4.74. The maximum atomic E-state index is 13.1. The molecule has 0 aliphatic carbocycles. The van der Waals surface area contributed by atoms with Crippen LogP contribution in [0.1, 0.15) is 18.9 Å². The van der Waals surface area contributed by atoms with Crippen LogP contribution >= 0.6 is 11.6 Å². The molecule has 4 nitrogen and oxygen atoms in total. The molecule has 0 aliphatic heterocycles. The molecule has 20 heavy (non-hydrogen) atoms. The second kappa shape index (κ2) is 6.52. The van der Waals surface area contributed by atoms with Crippen LogP contribution in [0.3, 0.4) is 0 Å². The fourth-order valence-electron chi connectivity index (χ4n) is 1.94. The predicted molar refractivity (Wildman–Crippen MR) is 80.3 cm³/mol. The summed E-state index contributed by atoms with van der Waals surface area (Å²) < 4.78 is 13.1. The summed E-state index contributed by atoms with van der Waals surface area (Å²) in [6.45, 7) is 2.08. The van der Waals surface area contributed by atoms with E-state index in [1.165, 1.54) is 18.5 Å². The van der Waals surface area contributed by atoms with Gasteiger partial charge in [0.1, 0.15) is 23.8 Å². The first-order valence-corrected chi connectivity index (χ1v) is 6.77. The molecule has 0 unspecified atom stereocenters. The lowest BCUT2D eigenvalue weighted by Gasteiger charge is -2.14. The standard InChI is InChI=1S/C14H16ClFN4/c1-3-4-10-13(17-2)18-8-19-14(10)20-12-6-5-9(16)7-11(12)15/h5-8H,3-4H2,1-2H3,(H2,17,18,19,20). The fraction of sp³-hybridized carbons (Fsp3) is 0.286. The van der Waals surface area contributed by atoms with Crippen LogP contribution in [0.4, 0.5) is 21.7 Å². The van der Waals surface area contributed by atoms with Crippen LogP contribution in [-0.4, -0.2) is 17.0 Å². The van der Waals surface area contributed by atoms with E-state index in [9.17, 15) is 4.39 Å². The third kappa shape index (κ3) is 3.17. The number of anilines is 3. The zero-order valence-corrected chi connectivity index (χ0v) is 12.1. The first-order valence-electron chi connectivity index (χ1n) is 6.39. The zero-order chi connectivity index (χ0) is 14.5. The van der Waals surface area contributed by atoms with Crippen LogP contribution < -0.4 is 10.6 Å². The molecule has 0 atom stereocenters. The smallest absolute Gasteiger partial charge is 0.139 e. The molecule has 0 radical (unpaired) electrons. The fourth-order valence-corrected chi connectivity index (χ4v) is 2.16. The molecule has 0 saturated heterocycles. The van der Waals surface area contributed by atoms with E-state index in [0.717, 1.165) is 24.2 Å². The van der Waals surface area contributed by atoms with Crippen LogP contribution in [0.15, 0.2) is 24.5 Å². The third-order valence-corrected chi connectivity index (χ3v) is 3.18. The number of nitrogens with one attached hydrogen (secondary N) is 2. The molecule has 6 heteroatoms. The maximum absolute atomic E-state index is 13.1. The molecule has 0 spiro atoms. The Morgan fingerprint density at radius 1 is 1.25 bits per heavy atom. The van der Waals surface area contributed by atoms with Crippen molar-refractivity contribution in [3.05, 3.63) is 40.9 Å². The van der Waals surface area contributed by atoms with E-state index in [1.807, 2.05) is 7.05 Å². The quantitative estimate of drug-likeness (QED) is 0.875. The van der Waals surface area contributed by atoms with Gasteiger partial charge in [-0.05, 0) is 24.6 Å². The molecule has 0 bridgehead atoms. The Labute approximate surface area is 122 Å². The predicted octanol–water partition coefficient (Wildman–Crippen LogP) is 4.01. The van der Waals surface area contributed by atoms with Crippen molar-refractivity contribution in [1.82, 2.24) is 9.97 Å². The van der Waals surface area contributed by atoms with Crippen molar-refractivity contribution in [2.45, 2.75) is 19.8 Å². The molecule has 0 amide bonds. The summed E-state index contributed by atoms with van der Waals surface area (Å²) in [5.41, 5.74) is 1.60. The number of rotatable bonds is 5. The molecular weight excluding hydrogens is 279 g/mol. The van der Waals surface area contributed by atoms with E-state index in [4.69, 9.17) is 11.6 Å². The van der Waals surface area contributed by atoms with Crippen LogP contribution in [0.2, 0.25) is 5.02 Å². The number of hydrogen-bond acceptors (Lipinski definition) is 4. The topological polar surface area (TPSA) is 49.8 Å². The van der Waals surface area contributed by atoms with Gasteiger partial charge in [0.15, 0.2) is 0 Å². The average molecular weight is 295 g/mol. The van der Waals surface area contributed by atoms with Gasteiger partial charge in [-0.25, -0.2) is 14.4 Å². The Balaban J connectivity index is 2.37. The van der Waals surface area contributed by atoms with E-state index >= 15 is 0 Å². The largest absolute Gasteiger partial charge is 0.373 e. The van der Waals surface area contributed by atoms with Crippen molar-refractivity contribution < 1.29 is 4.39 Å². The van der Waals surface area contributed by atoms with Crippen LogP contribution in [0.5, 0.6) is 0 Å². The van der Waals surface area contributed by atoms with E-state index in [2.05, 4.69) is 27.5 Å². The molecule has 2 rings (SSSR count). The summed E-state index contributed by atoms with van der Waals surface area (Å²) in [6.07, 6.45) is 3.27. The van der Waals surface area contributed by atoms with Crippen molar-refractivity contribution in [3.8, 4) is 0 Å². The lowest BCUT2D eigenvalue weighted by molar-refractivity contribution is 0.628. The van der Waals surface area contributed by atoms with E-state index < -0.39 is 0 Å². The highest BCUT2D eigenvalue weighted by molar-refractivity contribution is 6.33. The average Bonchev–Trinajstić information content (AvgIpc) is 2.43. The summed E-state index contributed by atoms with van der Waals surface area (Å²) in [7, 11) is 1.82. The molecule has 0 saturated carbocycles. The first-order chi connectivity index (χ1) is 9.65. The van der Waals surface area contributed by atoms with Gasteiger partial charge in [-0.3, -0.25) is 0 Å². The molecule has 2 N–H and O–H groups in total. The number of hydrogen-bond donors (Lipinski definition) is 2. The van der Waals surface area contributed by atoms with Gasteiger partial charge in [0.25, 0.3) is 0 Å². The SMILES string of the molecule is CCCc1c(NC)ncnc1Nc1ccc(F)cc1Cl. The van der Waals surface area contributed by atoms with Crippen LogP contribution in [0.25, 0.3) is 0 Å². The van der Waals surface area contributed by atoms with Gasteiger partial charge >= 0.3 is 0 Å². The molecule has 0 fully saturated rings. The lowest BCUT2D eigenvalue weighted by atomic mass is 10.1. The number of benzene rings is 1. The highest BCUT2D eigenvalue weighted by Crippen LogP contribution is 2.29. The summed E-state index contributed by atoms with van der Waals surface area (Å²) in [5, 5.41) is 6.50. The summed E-state index contributed by atoms with van der Waals surface area (Å²) >= 11 is 6.02. The second-order valence-electron chi connectivity index (χ2n) is 4.30. The maximum Gasteiger partial charge on any atom is 0.139 e. The molecule has 0 aliphatic rings. The van der Waals surface area contributed by atoms with Crippen molar-refractivity contribution in [2.24, 2.45) is 0 Å². The Hall–Kier alpha value is -1.88. The minimum Gasteiger partial charge on any atom is -0.373 e. The van der Waals surface area contributed by atoms with Crippen molar-refractivity contribution >= 4 is 28.9 Å². The van der Waals surface area contributed by atoms with Gasteiger partial charge in [-0.15, -0.1) is 0 Å². The van der Waals surface area contributed by atoms with Crippen LogP contribution in [0, 0.1) is 5.82 Å². The third-order valence-electron chi connectivity index (χ3n) is 2.87. The zero-order valence-electron chi connectivity index (χ0n) is 11.4. The van der Waals surface area contributed by atoms with Gasteiger partial charge in [0.2, 0.25) is 0 Å². The Morgan fingerprint density at radius 2 is 2.00 bits per heavy atom.